The van der Waals surface area contributed by atoms with Crippen LogP contribution in [0.2, 0.25) is 0 Å². The third-order valence-electron chi connectivity index (χ3n) is 3.42. The quantitative estimate of drug-likeness (QED) is 0.658. The summed E-state index contributed by atoms with van der Waals surface area (Å²) in [5.41, 5.74) is 11.1. The predicted molar refractivity (Wildman–Crippen MR) is 56.7 cm³/mol. The summed E-state index contributed by atoms with van der Waals surface area (Å²) in [7, 11) is 2.04. The molecule has 0 heterocycles. The molecule has 1 fully saturated rings. The van der Waals surface area contributed by atoms with Crippen molar-refractivity contribution in [2.75, 3.05) is 20.1 Å². The van der Waals surface area contributed by atoms with Crippen molar-refractivity contribution in [3.63, 3.8) is 0 Å². The Morgan fingerprint density at radius 2 is 2.00 bits per heavy atom. The summed E-state index contributed by atoms with van der Waals surface area (Å²) in [6.07, 6.45) is 5.23. The minimum absolute atomic E-state index is 0.134. The average Bonchev–Trinajstić information content (AvgIpc) is 2.63. The molecule has 0 unspecified atom stereocenters. The lowest BCUT2D eigenvalue weighted by Crippen LogP contribution is -2.50. The Hall–Kier alpha value is -0.610. The maximum absolute atomic E-state index is 10.7. The van der Waals surface area contributed by atoms with Crippen LogP contribution in [0.1, 0.15) is 32.1 Å². The molecule has 0 aromatic rings. The average molecular weight is 199 g/mol. The molecule has 0 aliphatic heterocycles. The summed E-state index contributed by atoms with van der Waals surface area (Å²) in [6.45, 7) is 1.41. The van der Waals surface area contributed by atoms with Gasteiger partial charge in [-0.05, 0) is 19.9 Å². The van der Waals surface area contributed by atoms with Crippen LogP contribution >= 0.6 is 0 Å². The van der Waals surface area contributed by atoms with Crippen molar-refractivity contribution in [1.29, 1.82) is 0 Å². The Kier molecular flexibility index (Phi) is 3.89. The van der Waals surface area contributed by atoms with E-state index in [1.807, 2.05) is 7.05 Å². The molecule has 0 atom stereocenters. The van der Waals surface area contributed by atoms with Crippen molar-refractivity contribution in [2.24, 2.45) is 11.5 Å². The molecule has 4 nitrogen and oxygen atoms in total. The van der Waals surface area contributed by atoms with E-state index >= 15 is 0 Å². The molecule has 1 saturated carbocycles. The number of carbonyl (C=O) groups is 1. The van der Waals surface area contributed by atoms with Crippen LogP contribution in [0.5, 0.6) is 0 Å². The molecule has 4 heteroatoms. The van der Waals surface area contributed by atoms with E-state index in [9.17, 15) is 4.79 Å². The van der Waals surface area contributed by atoms with E-state index in [2.05, 4.69) is 4.90 Å². The zero-order valence-corrected chi connectivity index (χ0v) is 8.96. The molecule has 1 rings (SSSR count). The van der Waals surface area contributed by atoms with Gasteiger partial charge in [-0.3, -0.25) is 9.69 Å². The van der Waals surface area contributed by atoms with Gasteiger partial charge in [0.15, 0.2) is 0 Å². The van der Waals surface area contributed by atoms with Crippen LogP contribution in [0, 0.1) is 0 Å². The molecule has 82 valence electrons. The highest BCUT2D eigenvalue weighted by atomic mass is 16.1. The van der Waals surface area contributed by atoms with Crippen LogP contribution in [0.25, 0.3) is 0 Å². The standard InChI is InChI=1S/C10H21N3O/c1-13(7-4-9(12)14)10(8-11)5-2-3-6-10/h2-8,11H2,1H3,(H2,12,14). The highest BCUT2D eigenvalue weighted by Crippen LogP contribution is 2.33. The van der Waals surface area contributed by atoms with Crippen LogP contribution in [0.4, 0.5) is 0 Å². The highest BCUT2D eigenvalue weighted by molar-refractivity contribution is 5.73. The lowest BCUT2D eigenvalue weighted by Gasteiger charge is -2.37. The van der Waals surface area contributed by atoms with E-state index in [0.29, 0.717) is 13.0 Å². The monoisotopic (exact) mass is 199 g/mol. The number of hydrogen-bond donors (Lipinski definition) is 2. The Bertz CT molecular complexity index is 200. The molecule has 0 saturated heterocycles. The molecule has 1 aliphatic rings. The van der Waals surface area contributed by atoms with Gasteiger partial charge in [0.25, 0.3) is 0 Å². The van der Waals surface area contributed by atoms with Gasteiger partial charge >= 0.3 is 0 Å². The van der Waals surface area contributed by atoms with Crippen molar-refractivity contribution >= 4 is 5.91 Å². The number of hydrogen-bond acceptors (Lipinski definition) is 3. The lowest BCUT2D eigenvalue weighted by atomic mass is 9.95. The molecule has 0 bridgehead atoms. The molecular weight excluding hydrogens is 178 g/mol. The first-order valence-corrected chi connectivity index (χ1v) is 5.30. The van der Waals surface area contributed by atoms with Gasteiger partial charge < -0.3 is 11.5 Å². The molecular formula is C10H21N3O. The summed E-state index contributed by atoms with van der Waals surface area (Å²) in [5.74, 6) is -0.234. The van der Waals surface area contributed by atoms with Gasteiger partial charge in [0.05, 0.1) is 0 Å². The molecule has 1 amide bonds. The summed E-state index contributed by atoms with van der Waals surface area (Å²) < 4.78 is 0. The van der Waals surface area contributed by atoms with Crippen LogP contribution in [-0.4, -0.2) is 36.5 Å². The molecule has 4 N–H and O–H groups in total. The second-order valence-corrected chi connectivity index (χ2v) is 4.27. The van der Waals surface area contributed by atoms with Gasteiger partial charge in [0, 0.05) is 25.0 Å². The third-order valence-corrected chi connectivity index (χ3v) is 3.42. The molecule has 0 aromatic heterocycles. The van der Waals surface area contributed by atoms with Gasteiger partial charge in [-0.1, -0.05) is 12.8 Å². The maximum atomic E-state index is 10.7. The predicted octanol–water partition coefficient (Wildman–Crippen LogP) is 0.0651. The third kappa shape index (κ3) is 2.45. The molecule has 14 heavy (non-hydrogen) atoms. The van der Waals surface area contributed by atoms with Crippen molar-refractivity contribution in [3.05, 3.63) is 0 Å². The van der Waals surface area contributed by atoms with E-state index in [1.165, 1.54) is 12.8 Å². The molecule has 0 radical (unpaired) electrons. The second kappa shape index (κ2) is 4.75. The smallest absolute Gasteiger partial charge is 0.218 e. The second-order valence-electron chi connectivity index (χ2n) is 4.27. The van der Waals surface area contributed by atoms with E-state index < -0.39 is 0 Å². The first-order chi connectivity index (χ1) is 6.60. The minimum Gasteiger partial charge on any atom is -0.370 e. The largest absolute Gasteiger partial charge is 0.370 e. The van der Waals surface area contributed by atoms with E-state index in [1.54, 1.807) is 0 Å². The fourth-order valence-electron chi connectivity index (χ4n) is 2.29. The molecule has 1 aliphatic carbocycles. The SMILES string of the molecule is CN(CCC(N)=O)C1(CN)CCCC1. The Labute approximate surface area is 85.6 Å². The summed E-state index contributed by atoms with van der Waals surface area (Å²) in [6, 6.07) is 0. The van der Waals surface area contributed by atoms with Gasteiger partial charge in [0.1, 0.15) is 0 Å². The molecule has 0 aromatic carbocycles. The number of carbonyl (C=O) groups excluding carboxylic acids is 1. The van der Waals surface area contributed by atoms with Gasteiger partial charge in [-0.2, -0.15) is 0 Å². The number of primary amides is 1. The Balaban J connectivity index is 2.47. The highest BCUT2D eigenvalue weighted by Gasteiger charge is 2.35. The fourth-order valence-corrected chi connectivity index (χ4v) is 2.29. The van der Waals surface area contributed by atoms with Gasteiger partial charge in [-0.25, -0.2) is 0 Å². The van der Waals surface area contributed by atoms with Gasteiger partial charge in [-0.15, -0.1) is 0 Å². The first kappa shape index (κ1) is 11.5. The van der Waals surface area contributed by atoms with Crippen molar-refractivity contribution in [1.82, 2.24) is 4.90 Å². The lowest BCUT2D eigenvalue weighted by molar-refractivity contribution is -0.118. The van der Waals surface area contributed by atoms with Crippen LogP contribution in [0.3, 0.4) is 0 Å². The van der Waals surface area contributed by atoms with E-state index in [4.69, 9.17) is 11.5 Å². The Morgan fingerprint density at radius 1 is 1.43 bits per heavy atom. The number of nitrogens with two attached hydrogens (primary N) is 2. The van der Waals surface area contributed by atoms with Crippen molar-refractivity contribution in [2.45, 2.75) is 37.6 Å². The van der Waals surface area contributed by atoms with Crippen molar-refractivity contribution < 1.29 is 4.79 Å². The van der Waals surface area contributed by atoms with Crippen LogP contribution < -0.4 is 11.5 Å². The first-order valence-electron chi connectivity index (χ1n) is 5.30. The summed E-state index contributed by atoms with van der Waals surface area (Å²) in [4.78, 5) is 12.9. The van der Waals surface area contributed by atoms with Crippen molar-refractivity contribution in [3.8, 4) is 0 Å². The zero-order chi connectivity index (χ0) is 10.6. The molecule has 0 spiro atoms. The normalized spacial score (nSPS) is 20.2. The summed E-state index contributed by atoms with van der Waals surface area (Å²) in [5, 5.41) is 0. The maximum Gasteiger partial charge on any atom is 0.218 e. The fraction of sp³-hybridized carbons (Fsp3) is 0.900. The van der Waals surface area contributed by atoms with Gasteiger partial charge in [0.2, 0.25) is 5.91 Å². The Morgan fingerprint density at radius 3 is 2.43 bits per heavy atom. The minimum atomic E-state index is -0.234. The number of likely N-dealkylation sites (N-methyl/N-ethyl adjacent to an activating group) is 1. The van der Waals surface area contributed by atoms with Crippen LogP contribution in [-0.2, 0) is 4.79 Å². The number of rotatable bonds is 5. The van der Waals surface area contributed by atoms with E-state index in [0.717, 1.165) is 19.4 Å². The number of nitrogens with zero attached hydrogens (tertiary/aromatic N) is 1. The summed E-state index contributed by atoms with van der Waals surface area (Å²) >= 11 is 0. The zero-order valence-electron chi connectivity index (χ0n) is 8.96. The topological polar surface area (TPSA) is 72.3 Å². The van der Waals surface area contributed by atoms with E-state index in [-0.39, 0.29) is 11.4 Å². The number of amides is 1. The van der Waals surface area contributed by atoms with Crippen LogP contribution in [0.15, 0.2) is 0 Å².